The second kappa shape index (κ2) is 6.79. The molecule has 0 radical (unpaired) electrons. The van der Waals surface area contributed by atoms with E-state index < -0.39 is 0 Å². The minimum atomic E-state index is 0.270. The van der Waals surface area contributed by atoms with E-state index in [-0.39, 0.29) is 4.83 Å². The molecule has 1 rings (SSSR count). The predicted octanol–water partition coefficient (Wildman–Crippen LogP) is 3.34. The molecule has 0 N–H and O–H groups in total. The molecule has 1 heterocycles. The molecule has 1 unspecified atom stereocenters. The first-order valence-electron chi connectivity index (χ1n) is 4.69. The van der Waals surface area contributed by atoms with Crippen LogP contribution in [0.2, 0.25) is 5.02 Å². The van der Waals surface area contributed by atoms with Crippen molar-refractivity contribution in [1.82, 2.24) is 4.98 Å². The van der Waals surface area contributed by atoms with Crippen LogP contribution in [-0.2, 0) is 4.74 Å². The fourth-order valence-electron chi connectivity index (χ4n) is 1.31. The summed E-state index contributed by atoms with van der Waals surface area (Å²) in [4.78, 5) is 6.59. The Hall–Kier alpha value is 0.160. The first-order valence-corrected chi connectivity index (χ1v) is 6.78. The average molecular weight is 372 g/mol. The molecular formula is C10H13Br2ClN2O. The minimum absolute atomic E-state index is 0.270. The lowest BCUT2D eigenvalue weighted by molar-refractivity contribution is 0.201. The van der Waals surface area contributed by atoms with E-state index >= 15 is 0 Å². The van der Waals surface area contributed by atoms with E-state index in [0.717, 1.165) is 16.8 Å². The Labute approximate surface area is 117 Å². The van der Waals surface area contributed by atoms with Crippen LogP contribution in [0.25, 0.3) is 0 Å². The van der Waals surface area contributed by atoms with Crippen LogP contribution in [0, 0.1) is 0 Å². The number of aromatic nitrogens is 1. The fourth-order valence-corrected chi connectivity index (χ4v) is 2.95. The van der Waals surface area contributed by atoms with Gasteiger partial charge in [-0.1, -0.05) is 27.5 Å². The Morgan fingerprint density at radius 2 is 2.31 bits per heavy atom. The highest BCUT2D eigenvalue weighted by Gasteiger charge is 2.12. The quantitative estimate of drug-likeness (QED) is 0.742. The second-order valence-electron chi connectivity index (χ2n) is 3.39. The van der Waals surface area contributed by atoms with Gasteiger partial charge in [0.1, 0.15) is 5.82 Å². The van der Waals surface area contributed by atoms with Gasteiger partial charge in [0.2, 0.25) is 0 Å². The van der Waals surface area contributed by atoms with Gasteiger partial charge in [-0.2, -0.15) is 0 Å². The Morgan fingerprint density at radius 3 is 2.88 bits per heavy atom. The Balaban J connectivity index is 2.69. The third-order valence-electron chi connectivity index (χ3n) is 1.97. The van der Waals surface area contributed by atoms with Gasteiger partial charge in [-0.25, -0.2) is 4.98 Å². The fraction of sp³-hybridized carbons (Fsp3) is 0.500. The molecule has 0 saturated carbocycles. The number of pyridine rings is 1. The van der Waals surface area contributed by atoms with Crippen molar-refractivity contribution < 1.29 is 4.74 Å². The highest BCUT2D eigenvalue weighted by molar-refractivity contribution is 9.10. The summed E-state index contributed by atoms with van der Waals surface area (Å²) in [6.07, 6.45) is 1.64. The zero-order chi connectivity index (χ0) is 12.1. The lowest BCUT2D eigenvalue weighted by Gasteiger charge is -2.22. The summed E-state index contributed by atoms with van der Waals surface area (Å²) in [6.45, 7) is 1.47. The number of methoxy groups -OCH3 is 1. The summed E-state index contributed by atoms with van der Waals surface area (Å²) in [5.41, 5.74) is 0. The summed E-state index contributed by atoms with van der Waals surface area (Å²) >= 11 is 12.8. The molecule has 0 aromatic carbocycles. The van der Waals surface area contributed by atoms with Crippen molar-refractivity contribution in [2.24, 2.45) is 0 Å². The van der Waals surface area contributed by atoms with Crippen molar-refractivity contribution in [3.05, 3.63) is 21.8 Å². The summed E-state index contributed by atoms with van der Waals surface area (Å²) < 4.78 is 5.95. The molecule has 0 spiro atoms. The maximum Gasteiger partial charge on any atom is 0.142 e. The van der Waals surface area contributed by atoms with Crippen LogP contribution in [-0.4, -0.2) is 37.1 Å². The van der Waals surface area contributed by atoms with E-state index in [2.05, 4.69) is 36.8 Å². The van der Waals surface area contributed by atoms with Gasteiger partial charge in [-0.3, -0.25) is 0 Å². The molecule has 0 amide bonds. The number of nitrogens with zero attached hydrogens (tertiary/aromatic N) is 2. The molecule has 1 atom stereocenters. The van der Waals surface area contributed by atoms with Gasteiger partial charge in [0.25, 0.3) is 0 Å². The average Bonchev–Trinajstić information content (AvgIpc) is 2.17. The van der Waals surface area contributed by atoms with Gasteiger partial charge in [0, 0.05) is 26.9 Å². The summed E-state index contributed by atoms with van der Waals surface area (Å²) in [7, 11) is 3.66. The predicted molar refractivity (Wildman–Crippen MR) is 74.8 cm³/mol. The highest BCUT2D eigenvalue weighted by Crippen LogP contribution is 2.26. The largest absolute Gasteiger partial charge is 0.383 e. The molecule has 90 valence electrons. The van der Waals surface area contributed by atoms with Gasteiger partial charge in [-0.15, -0.1) is 0 Å². The third kappa shape index (κ3) is 4.20. The van der Waals surface area contributed by atoms with E-state index in [1.54, 1.807) is 13.3 Å². The van der Waals surface area contributed by atoms with E-state index in [9.17, 15) is 0 Å². The summed E-state index contributed by atoms with van der Waals surface area (Å²) in [6, 6.07) is 1.83. The van der Waals surface area contributed by atoms with Gasteiger partial charge in [-0.05, 0) is 22.0 Å². The molecule has 0 bridgehead atoms. The van der Waals surface area contributed by atoms with Crippen molar-refractivity contribution in [2.45, 2.75) is 4.83 Å². The monoisotopic (exact) mass is 370 g/mol. The van der Waals surface area contributed by atoms with Crippen molar-refractivity contribution in [2.75, 3.05) is 32.2 Å². The van der Waals surface area contributed by atoms with Crippen molar-refractivity contribution in [1.29, 1.82) is 0 Å². The molecule has 0 saturated heterocycles. The van der Waals surface area contributed by atoms with Crippen LogP contribution in [0.15, 0.2) is 16.7 Å². The molecule has 16 heavy (non-hydrogen) atoms. The SMILES string of the molecule is COCC(Br)CN(C)c1ncc(Cl)cc1Br. The molecule has 1 aromatic rings. The minimum Gasteiger partial charge on any atom is -0.383 e. The van der Waals surface area contributed by atoms with Crippen LogP contribution < -0.4 is 4.90 Å². The smallest absolute Gasteiger partial charge is 0.142 e. The topological polar surface area (TPSA) is 25.4 Å². The second-order valence-corrected chi connectivity index (χ2v) is 5.98. The Bertz CT molecular complexity index is 352. The number of hydrogen-bond acceptors (Lipinski definition) is 3. The third-order valence-corrected chi connectivity index (χ3v) is 3.31. The zero-order valence-corrected chi connectivity index (χ0v) is 13.0. The summed E-state index contributed by atoms with van der Waals surface area (Å²) in [5, 5.41) is 0.622. The van der Waals surface area contributed by atoms with Gasteiger partial charge >= 0.3 is 0 Å². The van der Waals surface area contributed by atoms with Gasteiger partial charge in [0.15, 0.2) is 0 Å². The first-order chi connectivity index (χ1) is 7.54. The van der Waals surface area contributed by atoms with Crippen LogP contribution in [0.4, 0.5) is 5.82 Å². The highest BCUT2D eigenvalue weighted by atomic mass is 79.9. The van der Waals surface area contributed by atoms with Crippen molar-refractivity contribution in [3.8, 4) is 0 Å². The lowest BCUT2D eigenvalue weighted by Crippen LogP contribution is -2.29. The standard InChI is InChI=1S/C10H13Br2ClN2O/c1-15(5-7(11)6-16-2)10-9(12)3-8(13)4-14-10/h3-4,7H,5-6H2,1-2H3. The Kier molecular flexibility index (Phi) is 6.03. The van der Waals surface area contributed by atoms with Crippen LogP contribution in [0.3, 0.4) is 0 Å². The molecule has 1 aromatic heterocycles. The van der Waals surface area contributed by atoms with Crippen LogP contribution in [0.5, 0.6) is 0 Å². The number of rotatable bonds is 5. The number of halogens is 3. The van der Waals surface area contributed by atoms with Crippen LogP contribution >= 0.6 is 43.5 Å². The van der Waals surface area contributed by atoms with E-state index in [0.29, 0.717) is 11.6 Å². The molecule has 6 heteroatoms. The molecule has 0 aliphatic rings. The van der Waals surface area contributed by atoms with Crippen LogP contribution in [0.1, 0.15) is 0 Å². The number of alkyl halides is 1. The normalized spacial score (nSPS) is 12.6. The van der Waals surface area contributed by atoms with Gasteiger partial charge < -0.3 is 9.64 Å². The lowest BCUT2D eigenvalue weighted by atomic mass is 10.4. The maximum absolute atomic E-state index is 5.84. The number of hydrogen-bond donors (Lipinski definition) is 0. The molecule has 0 aliphatic heterocycles. The Morgan fingerprint density at radius 1 is 1.62 bits per heavy atom. The van der Waals surface area contributed by atoms with Crippen molar-refractivity contribution >= 4 is 49.3 Å². The summed E-state index contributed by atoms with van der Waals surface area (Å²) in [5.74, 6) is 0.866. The zero-order valence-electron chi connectivity index (χ0n) is 9.08. The first kappa shape index (κ1) is 14.2. The number of ether oxygens (including phenoxy) is 1. The molecular weight excluding hydrogens is 359 g/mol. The number of anilines is 1. The van der Waals surface area contributed by atoms with Gasteiger partial charge in [0.05, 0.1) is 20.9 Å². The van der Waals surface area contributed by atoms with E-state index in [1.807, 2.05) is 18.0 Å². The van der Waals surface area contributed by atoms with Crippen molar-refractivity contribution in [3.63, 3.8) is 0 Å². The molecule has 0 aliphatic carbocycles. The molecule has 3 nitrogen and oxygen atoms in total. The maximum atomic E-state index is 5.84. The van der Waals surface area contributed by atoms with E-state index in [4.69, 9.17) is 16.3 Å². The molecule has 0 fully saturated rings. The van der Waals surface area contributed by atoms with E-state index in [1.165, 1.54) is 0 Å².